The summed E-state index contributed by atoms with van der Waals surface area (Å²) in [4.78, 5) is 13.1. The summed E-state index contributed by atoms with van der Waals surface area (Å²) in [7, 11) is 1.99. The van der Waals surface area contributed by atoms with Crippen LogP contribution in [-0.2, 0) is 4.79 Å². The molecule has 70 valence electrons. The van der Waals surface area contributed by atoms with Crippen LogP contribution < -0.4 is 0 Å². The van der Waals surface area contributed by atoms with E-state index in [0.717, 1.165) is 6.54 Å². The first-order valence-electron chi connectivity index (χ1n) is 4.31. The molecule has 12 heavy (non-hydrogen) atoms. The van der Waals surface area contributed by atoms with Crippen molar-refractivity contribution in [3.05, 3.63) is 0 Å². The number of rotatable bonds is 1. The summed E-state index contributed by atoms with van der Waals surface area (Å²) < 4.78 is 0. The molecule has 0 spiro atoms. The summed E-state index contributed by atoms with van der Waals surface area (Å²) >= 11 is 0. The highest BCUT2D eigenvalue weighted by Crippen LogP contribution is 2.37. The molecule has 1 heterocycles. The zero-order valence-electron chi connectivity index (χ0n) is 8.16. The maximum atomic E-state index is 10.9. The van der Waals surface area contributed by atoms with Crippen molar-refractivity contribution < 1.29 is 9.90 Å². The van der Waals surface area contributed by atoms with Gasteiger partial charge in [-0.25, -0.2) is 0 Å². The smallest absolute Gasteiger partial charge is 0.308 e. The Kier molecular flexibility index (Phi) is 2.17. The molecule has 0 aromatic heterocycles. The fourth-order valence-electron chi connectivity index (χ4n) is 2.25. The van der Waals surface area contributed by atoms with Crippen LogP contribution in [0.2, 0.25) is 0 Å². The Hall–Kier alpha value is -0.570. The van der Waals surface area contributed by atoms with Crippen LogP contribution in [0.3, 0.4) is 0 Å². The first-order chi connectivity index (χ1) is 5.37. The molecule has 1 N–H and O–H groups in total. The molecule has 1 rings (SSSR count). The van der Waals surface area contributed by atoms with Crippen molar-refractivity contribution in [1.29, 1.82) is 0 Å². The van der Waals surface area contributed by atoms with E-state index in [1.165, 1.54) is 0 Å². The largest absolute Gasteiger partial charge is 0.481 e. The average Bonchev–Trinajstić information content (AvgIpc) is 2.02. The molecule has 2 unspecified atom stereocenters. The number of nitrogens with zero attached hydrogens (tertiary/aromatic N) is 1. The predicted octanol–water partition coefficient (Wildman–Crippen LogP) is 1.05. The fraction of sp³-hybridized carbons (Fsp3) is 0.889. The number of likely N-dealkylation sites (tertiary alicyclic amines) is 1. The fourth-order valence-corrected chi connectivity index (χ4v) is 2.25. The molecule has 0 saturated carbocycles. The molecule has 1 fully saturated rings. The van der Waals surface area contributed by atoms with E-state index in [9.17, 15) is 4.79 Å². The second-order valence-electron chi connectivity index (χ2n) is 4.33. The van der Waals surface area contributed by atoms with E-state index < -0.39 is 5.97 Å². The Labute approximate surface area is 73.4 Å². The van der Waals surface area contributed by atoms with Crippen molar-refractivity contribution in [2.75, 3.05) is 13.6 Å². The summed E-state index contributed by atoms with van der Waals surface area (Å²) in [6.07, 6.45) is 0. The van der Waals surface area contributed by atoms with E-state index in [4.69, 9.17) is 5.11 Å². The van der Waals surface area contributed by atoms with Gasteiger partial charge in [-0.05, 0) is 26.8 Å². The van der Waals surface area contributed by atoms with E-state index >= 15 is 0 Å². The number of carboxylic acids is 1. The van der Waals surface area contributed by atoms with Crippen LogP contribution in [0.1, 0.15) is 20.8 Å². The molecule has 1 aliphatic rings. The number of hydrogen-bond acceptors (Lipinski definition) is 2. The van der Waals surface area contributed by atoms with Crippen LogP contribution >= 0.6 is 0 Å². The summed E-state index contributed by atoms with van der Waals surface area (Å²) in [6, 6.07) is 0. The Morgan fingerprint density at radius 2 is 2.08 bits per heavy atom. The van der Waals surface area contributed by atoms with Crippen molar-refractivity contribution in [2.24, 2.45) is 11.8 Å². The first kappa shape index (κ1) is 9.52. The van der Waals surface area contributed by atoms with Crippen molar-refractivity contribution in [1.82, 2.24) is 4.90 Å². The Bertz CT molecular complexity index is 201. The van der Waals surface area contributed by atoms with Crippen molar-refractivity contribution >= 4 is 5.97 Å². The summed E-state index contributed by atoms with van der Waals surface area (Å²) in [5.41, 5.74) is -0.203. The van der Waals surface area contributed by atoms with E-state index in [0.29, 0.717) is 0 Å². The Balaban J connectivity index is 2.91. The van der Waals surface area contributed by atoms with Crippen LogP contribution in [0, 0.1) is 11.8 Å². The zero-order chi connectivity index (χ0) is 9.52. The minimum atomic E-state index is -0.670. The van der Waals surface area contributed by atoms with Crippen LogP contribution in [-0.4, -0.2) is 35.1 Å². The molecule has 0 amide bonds. The second kappa shape index (κ2) is 2.73. The lowest BCUT2D eigenvalue weighted by atomic mass is 9.83. The molecule has 3 nitrogen and oxygen atoms in total. The molecule has 0 radical (unpaired) electrons. The lowest BCUT2D eigenvalue weighted by molar-refractivity contribution is -0.145. The van der Waals surface area contributed by atoms with Gasteiger partial charge in [-0.2, -0.15) is 0 Å². The van der Waals surface area contributed by atoms with E-state index in [1.807, 2.05) is 27.8 Å². The maximum Gasteiger partial charge on any atom is 0.308 e. The van der Waals surface area contributed by atoms with Crippen LogP contribution in [0.5, 0.6) is 0 Å². The second-order valence-corrected chi connectivity index (χ2v) is 4.33. The number of hydrogen-bond donors (Lipinski definition) is 1. The van der Waals surface area contributed by atoms with Gasteiger partial charge in [0.1, 0.15) is 0 Å². The third-order valence-electron chi connectivity index (χ3n) is 3.14. The molecule has 0 aromatic carbocycles. The molecular formula is C9H17NO2. The highest BCUT2D eigenvalue weighted by molar-refractivity contribution is 5.72. The predicted molar refractivity (Wildman–Crippen MR) is 47.0 cm³/mol. The highest BCUT2D eigenvalue weighted by atomic mass is 16.4. The third-order valence-corrected chi connectivity index (χ3v) is 3.14. The molecule has 3 heteroatoms. The van der Waals surface area contributed by atoms with Gasteiger partial charge in [-0.15, -0.1) is 0 Å². The molecule has 0 aromatic rings. The van der Waals surface area contributed by atoms with Gasteiger partial charge in [0.15, 0.2) is 0 Å². The van der Waals surface area contributed by atoms with Crippen LogP contribution in [0.25, 0.3) is 0 Å². The quantitative estimate of drug-likeness (QED) is 0.641. The van der Waals surface area contributed by atoms with Crippen LogP contribution in [0.4, 0.5) is 0 Å². The van der Waals surface area contributed by atoms with E-state index in [2.05, 4.69) is 4.90 Å². The number of carbonyl (C=O) groups is 1. The molecule has 0 aliphatic carbocycles. The average molecular weight is 171 g/mol. The Morgan fingerprint density at radius 1 is 1.58 bits per heavy atom. The lowest BCUT2D eigenvalue weighted by Crippen LogP contribution is -2.43. The first-order valence-corrected chi connectivity index (χ1v) is 4.31. The molecule has 0 bridgehead atoms. The minimum absolute atomic E-state index is 0.203. The highest BCUT2D eigenvalue weighted by Gasteiger charge is 2.47. The SMILES string of the molecule is CC1CN(C)C(C)(C)C1C(=O)O. The van der Waals surface area contributed by atoms with Gasteiger partial charge >= 0.3 is 5.97 Å². The number of aliphatic carboxylic acids is 1. The Morgan fingerprint density at radius 3 is 2.25 bits per heavy atom. The molecular weight excluding hydrogens is 154 g/mol. The van der Waals surface area contributed by atoms with Gasteiger partial charge in [0.2, 0.25) is 0 Å². The molecule has 1 aliphatic heterocycles. The normalized spacial score (nSPS) is 35.3. The number of carboxylic acid groups (broad SMARTS) is 1. The summed E-state index contributed by atoms with van der Waals surface area (Å²) in [5, 5.41) is 9.01. The topological polar surface area (TPSA) is 40.5 Å². The van der Waals surface area contributed by atoms with Gasteiger partial charge in [0.05, 0.1) is 5.92 Å². The van der Waals surface area contributed by atoms with Crippen molar-refractivity contribution in [3.63, 3.8) is 0 Å². The maximum absolute atomic E-state index is 10.9. The molecule has 2 atom stereocenters. The third kappa shape index (κ3) is 1.22. The molecule has 1 saturated heterocycles. The monoisotopic (exact) mass is 171 g/mol. The van der Waals surface area contributed by atoms with E-state index in [1.54, 1.807) is 0 Å². The standard InChI is InChI=1S/C9H17NO2/c1-6-5-10(4)9(2,3)7(6)8(11)12/h6-7H,5H2,1-4H3,(H,11,12). The van der Waals surface area contributed by atoms with Crippen molar-refractivity contribution in [2.45, 2.75) is 26.3 Å². The minimum Gasteiger partial charge on any atom is -0.481 e. The van der Waals surface area contributed by atoms with Crippen LogP contribution in [0.15, 0.2) is 0 Å². The van der Waals surface area contributed by atoms with Gasteiger partial charge in [-0.1, -0.05) is 6.92 Å². The summed E-state index contributed by atoms with van der Waals surface area (Å²) in [5.74, 6) is -0.651. The van der Waals surface area contributed by atoms with Crippen molar-refractivity contribution in [3.8, 4) is 0 Å². The van der Waals surface area contributed by atoms with Gasteiger partial charge in [0, 0.05) is 12.1 Å². The lowest BCUT2D eigenvalue weighted by Gasteiger charge is -2.31. The van der Waals surface area contributed by atoms with Gasteiger partial charge in [-0.3, -0.25) is 4.79 Å². The van der Waals surface area contributed by atoms with E-state index in [-0.39, 0.29) is 17.4 Å². The zero-order valence-corrected chi connectivity index (χ0v) is 8.16. The van der Waals surface area contributed by atoms with Gasteiger partial charge in [0.25, 0.3) is 0 Å². The van der Waals surface area contributed by atoms with Gasteiger partial charge < -0.3 is 10.0 Å². The summed E-state index contributed by atoms with van der Waals surface area (Å²) in [6.45, 7) is 6.87.